The Kier molecular flexibility index (Phi) is 4.32. The fraction of sp³-hybridized carbons (Fsp3) is 0.308. The quantitative estimate of drug-likeness (QED) is 0.764. The van der Waals surface area contributed by atoms with Crippen LogP contribution in [0.15, 0.2) is 23.8 Å². The maximum atomic E-state index is 2.33. The number of allylic oxidation sites excluding steroid dienone is 1. The van der Waals surface area contributed by atoms with Gasteiger partial charge in [-0.15, -0.1) is 0 Å². The van der Waals surface area contributed by atoms with Crippen LogP contribution in [0, 0.1) is 6.42 Å². The molecule has 0 spiro atoms. The van der Waals surface area contributed by atoms with Crippen molar-refractivity contribution in [1.82, 2.24) is 0 Å². The number of aryl methyl sites for hydroxylation is 1. The normalized spacial score (nSPS) is 13.1. The summed E-state index contributed by atoms with van der Waals surface area (Å²) in [7, 11) is 0. The molecular formula is C13H15Zr. The molecule has 71 valence electrons. The molecule has 1 aromatic rings. The molecule has 0 aliphatic heterocycles. The van der Waals surface area contributed by atoms with Gasteiger partial charge in [0.1, 0.15) is 0 Å². The molecule has 0 N–H and O–H groups in total. The molecule has 0 atom stereocenters. The summed E-state index contributed by atoms with van der Waals surface area (Å²) in [5.74, 6) is 0. The van der Waals surface area contributed by atoms with Gasteiger partial charge in [-0.1, -0.05) is 43.7 Å². The molecule has 0 aromatic heterocycles. The van der Waals surface area contributed by atoms with Crippen LogP contribution in [0.5, 0.6) is 0 Å². The van der Waals surface area contributed by atoms with Crippen molar-refractivity contribution in [2.75, 3.05) is 0 Å². The van der Waals surface area contributed by atoms with Crippen LogP contribution in [-0.4, -0.2) is 0 Å². The summed E-state index contributed by atoms with van der Waals surface area (Å²) in [6, 6.07) is 6.58. The van der Waals surface area contributed by atoms with Gasteiger partial charge in [-0.05, 0) is 29.5 Å². The topological polar surface area (TPSA) is 0 Å². The maximum Gasteiger partial charge on any atom is 0.0164 e. The van der Waals surface area contributed by atoms with E-state index in [1.54, 1.807) is 0 Å². The molecule has 0 unspecified atom stereocenters. The van der Waals surface area contributed by atoms with E-state index in [2.05, 4.69) is 44.5 Å². The zero-order valence-corrected chi connectivity index (χ0v) is 11.3. The van der Waals surface area contributed by atoms with Gasteiger partial charge < -0.3 is 0 Å². The van der Waals surface area contributed by atoms with Crippen LogP contribution in [0.25, 0.3) is 6.08 Å². The Morgan fingerprint density at radius 3 is 2.50 bits per heavy atom. The smallest absolute Gasteiger partial charge is 0.0164 e. The summed E-state index contributed by atoms with van der Waals surface area (Å²) in [5, 5.41) is 0. The number of hydrogen-bond donors (Lipinski definition) is 0. The summed E-state index contributed by atoms with van der Waals surface area (Å²) in [4.78, 5) is 0. The average molecular weight is 262 g/mol. The van der Waals surface area contributed by atoms with Crippen LogP contribution >= 0.6 is 0 Å². The molecule has 14 heavy (non-hydrogen) atoms. The predicted molar refractivity (Wildman–Crippen MR) is 57.5 cm³/mol. The second-order valence-corrected chi connectivity index (χ2v) is 3.49. The van der Waals surface area contributed by atoms with Gasteiger partial charge in [0.2, 0.25) is 0 Å². The van der Waals surface area contributed by atoms with Crippen molar-refractivity contribution in [3.63, 3.8) is 0 Å². The molecular weight excluding hydrogens is 247 g/mol. The summed E-state index contributed by atoms with van der Waals surface area (Å²) >= 11 is 0. The Hall–Kier alpha value is -0.157. The van der Waals surface area contributed by atoms with Crippen LogP contribution < -0.4 is 0 Å². The molecule has 1 radical (unpaired) electrons. The Morgan fingerprint density at radius 1 is 1.07 bits per heavy atom. The van der Waals surface area contributed by atoms with Gasteiger partial charge in [0.25, 0.3) is 0 Å². The third-order valence-corrected chi connectivity index (χ3v) is 2.69. The molecule has 0 fully saturated rings. The zero-order chi connectivity index (χ0) is 9.26. The minimum atomic E-state index is 0. The van der Waals surface area contributed by atoms with Gasteiger partial charge in [-0.25, -0.2) is 0 Å². The van der Waals surface area contributed by atoms with E-state index in [0.717, 1.165) is 12.8 Å². The summed E-state index contributed by atoms with van der Waals surface area (Å²) < 4.78 is 0. The van der Waals surface area contributed by atoms with Crippen LogP contribution in [0.3, 0.4) is 0 Å². The average Bonchev–Trinajstić information content (AvgIpc) is 2.59. The molecule has 1 aromatic carbocycles. The second kappa shape index (κ2) is 5.07. The second-order valence-electron chi connectivity index (χ2n) is 3.49. The SMILES string of the molecule is CCC1=Cc2c(cccc2CC)[CH]1.[Zr]. The maximum absolute atomic E-state index is 2.33. The third-order valence-electron chi connectivity index (χ3n) is 2.69. The van der Waals surface area contributed by atoms with E-state index in [4.69, 9.17) is 0 Å². The standard InChI is InChI=1S/C13H15.Zr/c1-3-10-8-12-7-5-6-11(4-2)13(12)9-10;/h5-9H,3-4H2,1-2H3;. The van der Waals surface area contributed by atoms with E-state index in [9.17, 15) is 0 Å². The summed E-state index contributed by atoms with van der Waals surface area (Å²) in [6.45, 7) is 4.42. The molecule has 0 saturated heterocycles. The minimum absolute atomic E-state index is 0. The van der Waals surface area contributed by atoms with Gasteiger partial charge >= 0.3 is 0 Å². The first-order valence-electron chi connectivity index (χ1n) is 5.02. The molecule has 0 saturated carbocycles. The van der Waals surface area contributed by atoms with Gasteiger partial charge in [-0.2, -0.15) is 0 Å². The van der Waals surface area contributed by atoms with Crippen LogP contribution in [0.4, 0.5) is 0 Å². The minimum Gasteiger partial charge on any atom is -0.0617 e. The van der Waals surface area contributed by atoms with Crippen LogP contribution in [0.2, 0.25) is 0 Å². The monoisotopic (exact) mass is 261 g/mol. The number of hydrogen-bond acceptors (Lipinski definition) is 0. The van der Waals surface area contributed by atoms with Crippen molar-refractivity contribution < 1.29 is 26.2 Å². The van der Waals surface area contributed by atoms with E-state index in [1.807, 2.05) is 0 Å². The Labute approximate surface area is 106 Å². The molecule has 0 amide bonds. The molecule has 1 aliphatic carbocycles. The van der Waals surface area contributed by atoms with E-state index in [-0.39, 0.29) is 26.2 Å². The molecule has 1 aliphatic rings. The third kappa shape index (κ3) is 2.08. The fourth-order valence-electron chi connectivity index (χ4n) is 1.87. The van der Waals surface area contributed by atoms with Crippen molar-refractivity contribution in [1.29, 1.82) is 0 Å². The van der Waals surface area contributed by atoms with E-state index in [0.29, 0.717) is 0 Å². The molecule has 2 rings (SSSR count). The number of rotatable bonds is 2. The van der Waals surface area contributed by atoms with E-state index in [1.165, 1.54) is 22.3 Å². The zero-order valence-electron chi connectivity index (χ0n) is 8.80. The van der Waals surface area contributed by atoms with Crippen molar-refractivity contribution in [2.45, 2.75) is 26.7 Å². The Morgan fingerprint density at radius 2 is 1.86 bits per heavy atom. The van der Waals surface area contributed by atoms with E-state index < -0.39 is 0 Å². The predicted octanol–water partition coefficient (Wildman–Crippen LogP) is 3.61. The largest absolute Gasteiger partial charge is 0.0617 e. The van der Waals surface area contributed by atoms with Crippen molar-refractivity contribution in [3.05, 3.63) is 46.9 Å². The summed E-state index contributed by atoms with van der Waals surface area (Å²) in [6.07, 6.45) is 6.89. The van der Waals surface area contributed by atoms with Gasteiger partial charge in [-0.3, -0.25) is 0 Å². The van der Waals surface area contributed by atoms with Crippen molar-refractivity contribution >= 4 is 6.08 Å². The number of benzene rings is 1. The van der Waals surface area contributed by atoms with Gasteiger partial charge in [0, 0.05) is 32.6 Å². The number of fused-ring (bicyclic) bond motifs is 1. The molecule has 0 bridgehead atoms. The first-order chi connectivity index (χ1) is 6.35. The first kappa shape index (κ1) is 11.9. The Balaban J connectivity index is 0.000000980. The van der Waals surface area contributed by atoms with Gasteiger partial charge in [0.05, 0.1) is 0 Å². The van der Waals surface area contributed by atoms with E-state index >= 15 is 0 Å². The fourth-order valence-corrected chi connectivity index (χ4v) is 1.87. The first-order valence-corrected chi connectivity index (χ1v) is 5.02. The molecule has 0 heterocycles. The van der Waals surface area contributed by atoms with Crippen molar-refractivity contribution in [3.8, 4) is 0 Å². The summed E-state index contributed by atoms with van der Waals surface area (Å²) in [5.41, 5.74) is 5.77. The van der Waals surface area contributed by atoms with Crippen LogP contribution in [-0.2, 0) is 32.6 Å². The Bertz CT molecular complexity index is 350. The van der Waals surface area contributed by atoms with Crippen molar-refractivity contribution in [2.24, 2.45) is 0 Å². The molecule has 0 nitrogen and oxygen atoms in total. The van der Waals surface area contributed by atoms with Gasteiger partial charge in [0.15, 0.2) is 0 Å². The molecule has 1 heteroatoms. The van der Waals surface area contributed by atoms with Crippen LogP contribution in [0.1, 0.15) is 37.0 Å².